The minimum absolute atomic E-state index is 0.112. The van der Waals surface area contributed by atoms with Gasteiger partial charge in [-0.15, -0.1) is 22.9 Å². The lowest BCUT2D eigenvalue weighted by atomic mass is 10.2. The SMILES string of the molecule is O=C(Cc1nc(CCl)cs1)N1CCc2ccccc21. The van der Waals surface area contributed by atoms with Crippen LogP contribution in [0.3, 0.4) is 0 Å². The summed E-state index contributed by atoms with van der Waals surface area (Å²) in [6, 6.07) is 8.07. The molecule has 0 saturated heterocycles. The summed E-state index contributed by atoms with van der Waals surface area (Å²) in [4.78, 5) is 18.5. The molecule has 0 N–H and O–H groups in total. The van der Waals surface area contributed by atoms with Gasteiger partial charge in [0.2, 0.25) is 5.91 Å². The molecule has 1 aromatic heterocycles. The normalized spacial score (nSPS) is 13.6. The van der Waals surface area contributed by atoms with Crippen molar-refractivity contribution < 1.29 is 4.79 Å². The molecule has 3 rings (SSSR count). The molecule has 1 aliphatic heterocycles. The van der Waals surface area contributed by atoms with Crippen LogP contribution in [0.25, 0.3) is 0 Å². The van der Waals surface area contributed by atoms with E-state index >= 15 is 0 Å². The quantitative estimate of drug-likeness (QED) is 0.815. The molecule has 0 saturated carbocycles. The van der Waals surface area contributed by atoms with Gasteiger partial charge < -0.3 is 4.90 Å². The number of amides is 1. The smallest absolute Gasteiger partial charge is 0.233 e. The third-order valence-corrected chi connectivity index (χ3v) is 4.40. The van der Waals surface area contributed by atoms with Crippen molar-refractivity contribution >= 4 is 34.5 Å². The predicted molar refractivity (Wildman–Crippen MR) is 77.9 cm³/mol. The topological polar surface area (TPSA) is 33.2 Å². The molecule has 5 heteroatoms. The summed E-state index contributed by atoms with van der Waals surface area (Å²) in [5.74, 6) is 0.512. The number of carbonyl (C=O) groups is 1. The van der Waals surface area contributed by atoms with Gasteiger partial charge in [0.25, 0.3) is 0 Å². The largest absolute Gasteiger partial charge is 0.311 e. The number of carbonyl (C=O) groups excluding carboxylic acids is 1. The molecule has 1 aliphatic rings. The molecular weight excluding hydrogens is 280 g/mol. The van der Waals surface area contributed by atoms with Crippen LogP contribution in [-0.2, 0) is 23.5 Å². The highest BCUT2D eigenvalue weighted by molar-refractivity contribution is 7.09. The molecule has 0 spiro atoms. The predicted octanol–water partition coefficient (Wildman–Crippen LogP) is 3.01. The molecule has 0 radical (unpaired) electrons. The number of thiazole rings is 1. The average molecular weight is 293 g/mol. The second-order valence-corrected chi connectivity index (χ2v) is 5.68. The van der Waals surface area contributed by atoms with E-state index in [4.69, 9.17) is 11.6 Å². The number of para-hydroxylation sites is 1. The number of rotatable bonds is 3. The standard InChI is InChI=1S/C14H13ClN2OS/c15-8-11-9-19-13(16-11)7-14(18)17-6-5-10-3-1-2-4-12(10)17/h1-4,9H,5-8H2. The van der Waals surface area contributed by atoms with E-state index in [1.165, 1.54) is 16.9 Å². The molecule has 2 heterocycles. The number of aromatic nitrogens is 1. The van der Waals surface area contributed by atoms with Gasteiger partial charge in [-0.05, 0) is 18.1 Å². The highest BCUT2D eigenvalue weighted by atomic mass is 35.5. The van der Waals surface area contributed by atoms with Crippen LogP contribution in [0.5, 0.6) is 0 Å². The first-order valence-electron chi connectivity index (χ1n) is 6.15. The van der Waals surface area contributed by atoms with E-state index in [1.54, 1.807) is 0 Å². The molecule has 0 bridgehead atoms. The number of fused-ring (bicyclic) bond motifs is 1. The summed E-state index contributed by atoms with van der Waals surface area (Å²) >= 11 is 7.22. The van der Waals surface area contributed by atoms with E-state index in [2.05, 4.69) is 11.1 Å². The monoisotopic (exact) mass is 292 g/mol. The van der Waals surface area contributed by atoms with E-state index in [0.29, 0.717) is 12.3 Å². The van der Waals surface area contributed by atoms with E-state index in [-0.39, 0.29) is 5.91 Å². The van der Waals surface area contributed by atoms with Crippen LogP contribution in [0.15, 0.2) is 29.6 Å². The lowest BCUT2D eigenvalue weighted by Gasteiger charge is -2.16. The number of halogens is 1. The highest BCUT2D eigenvalue weighted by Crippen LogP contribution is 2.28. The van der Waals surface area contributed by atoms with Crippen LogP contribution in [0.4, 0.5) is 5.69 Å². The molecule has 3 nitrogen and oxygen atoms in total. The Labute approximate surface area is 120 Å². The van der Waals surface area contributed by atoms with Crippen molar-refractivity contribution in [3.8, 4) is 0 Å². The number of hydrogen-bond acceptors (Lipinski definition) is 3. The fraction of sp³-hybridized carbons (Fsp3) is 0.286. The van der Waals surface area contributed by atoms with E-state index in [0.717, 1.165) is 29.4 Å². The van der Waals surface area contributed by atoms with Crippen molar-refractivity contribution in [1.82, 2.24) is 4.98 Å². The first-order chi connectivity index (χ1) is 9.28. The van der Waals surface area contributed by atoms with Gasteiger partial charge in [0, 0.05) is 17.6 Å². The van der Waals surface area contributed by atoms with Crippen molar-refractivity contribution in [2.75, 3.05) is 11.4 Å². The van der Waals surface area contributed by atoms with Crippen molar-refractivity contribution in [2.45, 2.75) is 18.7 Å². The third-order valence-electron chi connectivity index (χ3n) is 3.23. The average Bonchev–Trinajstić information content (AvgIpc) is 3.04. The maximum absolute atomic E-state index is 12.3. The maximum Gasteiger partial charge on any atom is 0.233 e. The molecule has 1 amide bonds. The highest BCUT2D eigenvalue weighted by Gasteiger charge is 2.24. The van der Waals surface area contributed by atoms with Gasteiger partial charge in [0.15, 0.2) is 0 Å². The number of alkyl halides is 1. The Balaban J connectivity index is 1.75. The van der Waals surface area contributed by atoms with E-state index < -0.39 is 0 Å². The Kier molecular flexibility index (Phi) is 3.53. The molecular formula is C14H13ClN2OS. The molecule has 0 unspecified atom stereocenters. The minimum Gasteiger partial charge on any atom is -0.311 e. The summed E-state index contributed by atoms with van der Waals surface area (Å²) in [5.41, 5.74) is 3.13. The first-order valence-corrected chi connectivity index (χ1v) is 7.57. The Hall–Kier alpha value is -1.39. The van der Waals surface area contributed by atoms with Gasteiger partial charge in [-0.1, -0.05) is 18.2 Å². The Morgan fingerprint density at radius 1 is 1.42 bits per heavy atom. The fourth-order valence-electron chi connectivity index (χ4n) is 2.31. The van der Waals surface area contributed by atoms with Crippen LogP contribution in [0.1, 0.15) is 16.3 Å². The second-order valence-electron chi connectivity index (χ2n) is 4.47. The summed E-state index contributed by atoms with van der Waals surface area (Å²) in [6.45, 7) is 0.770. The summed E-state index contributed by atoms with van der Waals surface area (Å²) in [5, 5.41) is 2.75. The van der Waals surface area contributed by atoms with Crippen LogP contribution < -0.4 is 4.90 Å². The zero-order valence-electron chi connectivity index (χ0n) is 10.3. The second kappa shape index (κ2) is 5.31. The Morgan fingerprint density at radius 3 is 3.05 bits per heavy atom. The number of hydrogen-bond donors (Lipinski definition) is 0. The first kappa shape index (κ1) is 12.6. The van der Waals surface area contributed by atoms with E-state index in [9.17, 15) is 4.79 Å². The molecule has 2 aromatic rings. The van der Waals surface area contributed by atoms with Gasteiger partial charge in [-0.2, -0.15) is 0 Å². The number of benzene rings is 1. The lowest BCUT2D eigenvalue weighted by molar-refractivity contribution is -0.117. The minimum atomic E-state index is 0.112. The zero-order chi connectivity index (χ0) is 13.2. The molecule has 19 heavy (non-hydrogen) atoms. The van der Waals surface area contributed by atoms with Crippen LogP contribution in [-0.4, -0.2) is 17.4 Å². The number of anilines is 1. The van der Waals surface area contributed by atoms with Crippen LogP contribution in [0.2, 0.25) is 0 Å². The third kappa shape index (κ3) is 2.51. The fourth-order valence-corrected chi connectivity index (χ4v) is 3.33. The maximum atomic E-state index is 12.3. The molecule has 1 aromatic carbocycles. The molecule has 0 aliphatic carbocycles. The van der Waals surface area contributed by atoms with Gasteiger partial charge in [-0.3, -0.25) is 4.79 Å². The molecule has 0 atom stereocenters. The van der Waals surface area contributed by atoms with Crippen LogP contribution in [0, 0.1) is 0 Å². The molecule has 98 valence electrons. The zero-order valence-corrected chi connectivity index (χ0v) is 11.9. The molecule has 0 fully saturated rings. The van der Waals surface area contributed by atoms with Gasteiger partial charge in [0.05, 0.1) is 18.0 Å². The van der Waals surface area contributed by atoms with Crippen LogP contribution >= 0.6 is 22.9 Å². The Bertz CT molecular complexity index is 611. The summed E-state index contributed by atoms with van der Waals surface area (Å²) < 4.78 is 0. The van der Waals surface area contributed by atoms with E-state index in [1.807, 2.05) is 28.5 Å². The van der Waals surface area contributed by atoms with Crippen molar-refractivity contribution in [2.24, 2.45) is 0 Å². The van der Waals surface area contributed by atoms with Gasteiger partial charge in [-0.25, -0.2) is 4.98 Å². The van der Waals surface area contributed by atoms with Crippen molar-refractivity contribution in [3.05, 3.63) is 45.9 Å². The van der Waals surface area contributed by atoms with Gasteiger partial charge >= 0.3 is 0 Å². The summed E-state index contributed by atoms with van der Waals surface area (Å²) in [6.07, 6.45) is 1.29. The lowest BCUT2D eigenvalue weighted by Crippen LogP contribution is -2.30. The van der Waals surface area contributed by atoms with Gasteiger partial charge in [0.1, 0.15) is 5.01 Å². The summed E-state index contributed by atoms with van der Waals surface area (Å²) in [7, 11) is 0. The van der Waals surface area contributed by atoms with Crippen molar-refractivity contribution in [1.29, 1.82) is 0 Å². The Morgan fingerprint density at radius 2 is 2.26 bits per heavy atom. The number of nitrogens with zero attached hydrogens (tertiary/aromatic N) is 2. The van der Waals surface area contributed by atoms with Crippen molar-refractivity contribution in [3.63, 3.8) is 0 Å².